The number of carbonyl (C=O) groups is 2. The predicted octanol–water partition coefficient (Wildman–Crippen LogP) is 2.41. The molecule has 0 spiro atoms. The van der Waals surface area contributed by atoms with E-state index in [4.69, 9.17) is 4.74 Å². The summed E-state index contributed by atoms with van der Waals surface area (Å²) in [6.07, 6.45) is 2.24. The molecule has 1 N–H and O–H groups in total. The molecule has 3 rings (SSSR count). The van der Waals surface area contributed by atoms with Gasteiger partial charge in [0.1, 0.15) is 5.82 Å². The molecule has 1 saturated heterocycles. The number of benzene rings is 1. The first kappa shape index (κ1) is 19.8. The maximum absolute atomic E-state index is 12.2. The molecule has 1 aliphatic rings. The highest BCUT2D eigenvalue weighted by atomic mass is 16.5. The Morgan fingerprint density at radius 2 is 1.82 bits per heavy atom. The molecule has 1 aromatic carbocycles. The summed E-state index contributed by atoms with van der Waals surface area (Å²) < 4.78 is 4.95. The molecule has 1 fully saturated rings. The third-order valence-electron chi connectivity index (χ3n) is 4.68. The summed E-state index contributed by atoms with van der Waals surface area (Å²) in [5.41, 5.74) is 1.16. The molecule has 1 aromatic heterocycles. The Bertz CT molecular complexity index is 772. The quantitative estimate of drug-likeness (QED) is 0.742. The molecule has 2 heterocycles. The van der Waals surface area contributed by atoms with E-state index in [0.717, 1.165) is 38.5 Å². The van der Waals surface area contributed by atoms with Crippen molar-refractivity contribution in [2.75, 3.05) is 49.5 Å². The predicted molar refractivity (Wildman–Crippen MR) is 109 cm³/mol. The van der Waals surface area contributed by atoms with Gasteiger partial charge < -0.3 is 15.0 Å². The normalized spacial score (nSPS) is 14.5. The molecule has 0 radical (unpaired) electrons. The Balaban J connectivity index is 1.39. The summed E-state index contributed by atoms with van der Waals surface area (Å²) in [6.45, 7) is 6.49. The Morgan fingerprint density at radius 3 is 2.46 bits per heavy atom. The van der Waals surface area contributed by atoms with E-state index < -0.39 is 0 Å². The fourth-order valence-corrected chi connectivity index (χ4v) is 3.13. The van der Waals surface area contributed by atoms with Gasteiger partial charge in [-0.1, -0.05) is 6.07 Å². The first-order valence-electron chi connectivity index (χ1n) is 9.61. The first-order chi connectivity index (χ1) is 13.7. The maximum atomic E-state index is 12.2. The van der Waals surface area contributed by atoms with Gasteiger partial charge in [0.15, 0.2) is 0 Å². The molecule has 0 saturated carbocycles. The van der Waals surface area contributed by atoms with E-state index in [9.17, 15) is 9.59 Å². The third kappa shape index (κ3) is 5.53. The molecule has 7 nitrogen and oxygen atoms in total. The van der Waals surface area contributed by atoms with Crippen LogP contribution in [0.2, 0.25) is 0 Å². The van der Waals surface area contributed by atoms with Crippen molar-refractivity contribution in [2.45, 2.75) is 13.3 Å². The standard InChI is InChI=1S/C21H26N4O3/c1-2-28-21(27)17-6-8-18(9-7-17)23-20(26)10-12-24-13-15-25(16-14-24)19-5-3-4-11-22-19/h3-9,11H,2,10,12-16H2,1H3,(H,23,26). The van der Waals surface area contributed by atoms with Gasteiger partial charge in [-0.25, -0.2) is 9.78 Å². The number of hydrogen-bond donors (Lipinski definition) is 1. The minimum absolute atomic E-state index is 0.0314. The molecule has 1 amide bonds. The minimum atomic E-state index is -0.356. The highest BCUT2D eigenvalue weighted by Crippen LogP contribution is 2.14. The van der Waals surface area contributed by atoms with Crippen LogP contribution in [0.3, 0.4) is 0 Å². The van der Waals surface area contributed by atoms with Crippen molar-refractivity contribution in [3.05, 3.63) is 54.2 Å². The number of rotatable bonds is 7. The molecule has 0 atom stereocenters. The number of anilines is 2. The Kier molecular flexibility index (Phi) is 6.97. The van der Waals surface area contributed by atoms with Gasteiger partial charge in [-0.15, -0.1) is 0 Å². The van der Waals surface area contributed by atoms with Crippen LogP contribution in [0.25, 0.3) is 0 Å². The number of nitrogens with zero attached hydrogens (tertiary/aromatic N) is 3. The van der Waals surface area contributed by atoms with Gasteiger partial charge in [-0.2, -0.15) is 0 Å². The number of esters is 1. The topological polar surface area (TPSA) is 74.8 Å². The zero-order valence-electron chi connectivity index (χ0n) is 16.1. The van der Waals surface area contributed by atoms with E-state index in [1.165, 1.54) is 0 Å². The van der Waals surface area contributed by atoms with Crippen LogP contribution in [0, 0.1) is 0 Å². The highest BCUT2D eigenvalue weighted by Gasteiger charge is 2.18. The van der Waals surface area contributed by atoms with Crippen LogP contribution in [0.5, 0.6) is 0 Å². The molecule has 0 unspecified atom stereocenters. The molecule has 1 aliphatic heterocycles. The van der Waals surface area contributed by atoms with Gasteiger partial charge >= 0.3 is 5.97 Å². The molecular weight excluding hydrogens is 356 g/mol. The van der Waals surface area contributed by atoms with Crippen LogP contribution in [-0.4, -0.2) is 61.1 Å². The largest absolute Gasteiger partial charge is 0.462 e. The zero-order valence-corrected chi connectivity index (χ0v) is 16.1. The number of amides is 1. The molecular formula is C21H26N4O3. The third-order valence-corrected chi connectivity index (χ3v) is 4.68. The molecule has 28 heavy (non-hydrogen) atoms. The average Bonchev–Trinajstić information content (AvgIpc) is 2.74. The fraction of sp³-hybridized carbons (Fsp3) is 0.381. The second-order valence-corrected chi connectivity index (χ2v) is 6.61. The zero-order chi connectivity index (χ0) is 19.8. The Hall–Kier alpha value is -2.93. The smallest absolute Gasteiger partial charge is 0.338 e. The van der Waals surface area contributed by atoms with E-state index in [2.05, 4.69) is 20.1 Å². The summed E-state index contributed by atoms with van der Waals surface area (Å²) >= 11 is 0. The van der Waals surface area contributed by atoms with Gasteiger partial charge in [-0.3, -0.25) is 9.69 Å². The van der Waals surface area contributed by atoms with Gasteiger partial charge in [0, 0.05) is 51.0 Å². The lowest BCUT2D eigenvalue weighted by Gasteiger charge is -2.35. The van der Waals surface area contributed by atoms with E-state index >= 15 is 0 Å². The van der Waals surface area contributed by atoms with Crippen LogP contribution < -0.4 is 10.2 Å². The average molecular weight is 382 g/mol. The first-order valence-corrected chi connectivity index (χ1v) is 9.61. The summed E-state index contributed by atoms with van der Waals surface area (Å²) in [5, 5.41) is 2.88. The number of carbonyl (C=O) groups excluding carboxylic acids is 2. The van der Waals surface area contributed by atoms with Crippen molar-refractivity contribution in [1.82, 2.24) is 9.88 Å². The maximum Gasteiger partial charge on any atom is 0.338 e. The van der Waals surface area contributed by atoms with Crippen molar-refractivity contribution in [1.29, 1.82) is 0 Å². The molecule has 7 heteroatoms. The van der Waals surface area contributed by atoms with Crippen LogP contribution >= 0.6 is 0 Å². The molecule has 0 aliphatic carbocycles. The SMILES string of the molecule is CCOC(=O)c1ccc(NC(=O)CCN2CCN(c3ccccn3)CC2)cc1. The van der Waals surface area contributed by atoms with Crippen LogP contribution in [0.1, 0.15) is 23.7 Å². The van der Waals surface area contributed by atoms with Gasteiger partial charge in [0.25, 0.3) is 0 Å². The fourth-order valence-electron chi connectivity index (χ4n) is 3.13. The van der Waals surface area contributed by atoms with Crippen LogP contribution in [0.4, 0.5) is 11.5 Å². The molecule has 0 bridgehead atoms. The summed E-state index contributed by atoms with van der Waals surface area (Å²) in [4.78, 5) is 32.8. The summed E-state index contributed by atoms with van der Waals surface area (Å²) in [5.74, 6) is 0.618. The van der Waals surface area contributed by atoms with E-state index in [1.807, 2.05) is 24.4 Å². The number of aromatic nitrogens is 1. The molecule has 2 aromatic rings. The number of nitrogens with one attached hydrogen (secondary N) is 1. The lowest BCUT2D eigenvalue weighted by Crippen LogP contribution is -2.47. The van der Waals surface area contributed by atoms with E-state index in [0.29, 0.717) is 24.3 Å². The number of hydrogen-bond acceptors (Lipinski definition) is 6. The van der Waals surface area contributed by atoms with Gasteiger partial charge in [0.05, 0.1) is 12.2 Å². The van der Waals surface area contributed by atoms with Crippen molar-refractivity contribution in [3.8, 4) is 0 Å². The second-order valence-electron chi connectivity index (χ2n) is 6.61. The van der Waals surface area contributed by atoms with Crippen LogP contribution in [-0.2, 0) is 9.53 Å². The monoisotopic (exact) mass is 382 g/mol. The van der Waals surface area contributed by atoms with Crippen molar-refractivity contribution in [3.63, 3.8) is 0 Å². The van der Waals surface area contributed by atoms with E-state index in [1.54, 1.807) is 31.2 Å². The number of ether oxygens (including phenoxy) is 1. The Morgan fingerprint density at radius 1 is 1.07 bits per heavy atom. The Labute approximate surface area is 165 Å². The second kappa shape index (κ2) is 9.85. The lowest BCUT2D eigenvalue weighted by molar-refractivity contribution is -0.116. The highest BCUT2D eigenvalue weighted by molar-refractivity contribution is 5.93. The number of pyridine rings is 1. The summed E-state index contributed by atoms with van der Waals surface area (Å²) in [6, 6.07) is 12.7. The molecule has 148 valence electrons. The minimum Gasteiger partial charge on any atom is -0.462 e. The van der Waals surface area contributed by atoms with Crippen molar-refractivity contribution >= 4 is 23.4 Å². The summed E-state index contributed by atoms with van der Waals surface area (Å²) in [7, 11) is 0. The van der Waals surface area contributed by atoms with Crippen LogP contribution in [0.15, 0.2) is 48.7 Å². The van der Waals surface area contributed by atoms with E-state index in [-0.39, 0.29) is 11.9 Å². The lowest BCUT2D eigenvalue weighted by atomic mass is 10.2. The number of piperazine rings is 1. The van der Waals surface area contributed by atoms with Gasteiger partial charge in [-0.05, 0) is 43.3 Å². The van der Waals surface area contributed by atoms with Crippen molar-refractivity contribution in [2.24, 2.45) is 0 Å². The van der Waals surface area contributed by atoms with Crippen molar-refractivity contribution < 1.29 is 14.3 Å². The van der Waals surface area contributed by atoms with Gasteiger partial charge in [0.2, 0.25) is 5.91 Å².